The predicted molar refractivity (Wildman–Crippen MR) is 97.0 cm³/mol. The fraction of sp³-hybridized carbons (Fsp3) is 0.286. The molecule has 0 aliphatic heterocycles. The summed E-state index contributed by atoms with van der Waals surface area (Å²) in [6.07, 6.45) is 5.62. The third kappa shape index (κ3) is 5.88. The summed E-state index contributed by atoms with van der Waals surface area (Å²) in [4.78, 5) is 12.1. The van der Waals surface area contributed by atoms with Crippen LogP contribution in [-0.2, 0) is 6.42 Å². The zero-order valence-corrected chi connectivity index (χ0v) is 15.0. The first-order valence-electron chi connectivity index (χ1n) is 8.69. The maximum absolute atomic E-state index is 14.0. The largest absolute Gasteiger partial charge is 0.491 e. The standard InChI is InChI=1S/C21H21F3O3/c1-2-26-17-12-13-18(20(24)19(17)23)27-21(25)16-10-8-15(9-11-16)7-5-3-4-6-14-22/h3-4,8-13H,2,5-7,14H2,1H3. The van der Waals surface area contributed by atoms with Crippen molar-refractivity contribution in [3.63, 3.8) is 0 Å². The molecule has 0 heterocycles. The SMILES string of the molecule is CCOc1ccc(OC(=O)c2ccc(CCC=CCCF)cc2)c(F)c1F. The van der Waals surface area contributed by atoms with Gasteiger partial charge in [0.05, 0.1) is 18.8 Å². The molecule has 0 aliphatic rings. The monoisotopic (exact) mass is 378 g/mol. The summed E-state index contributed by atoms with van der Waals surface area (Å²) in [6.45, 7) is 1.47. The van der Waals surface area contributed by atoms with Crippen LogP contribution in [0.1, 0.15) is 35.7 Å². The second-order valence-electron chi connectivity index (χ2n) is 5.70. The number of carbonyl (C=O) groups excluding carboxylic acids is 1. The molecular weight excluding hydrogens is 357 g/mol. The summed E-state index contributed by atoms with van der Waals surface area (Å²) in [5.41, 5.74) is 1.22. The van der Waals surface area contributed by atoms with E-state index in [-0.39, 0.29) is 24.6 Å². The molecule has 6 heteroatoms. The number of rotatable bonds is 9. The molecule has 0 saturated carbocycles. The quantitative estimate of drug-likeness (QED) is 0.332. The second kappa shape index (κ2) is 10.4. The number of esters is 1. The van der Waals surface area contributed by atoms with Gasteiger partial charge in [-0.1, -0.05) is 24.3 Å². The molecule has 0 atom stereocenters. The molecule has 0 aromatic heterocycles. The fourth-order valence-corrected chi connectivity index (χ4v) is 2.37. The van der Waals surface area contributed by atoms with Crippen molar-refractivity contribution in [2.75, 3.05) is 13.3 Å². The summed E-state index contributed by atoms with van der Waals surface area (Å²) in [6, 6.07) is 9.00. The molecule has 0 radical (unpaired) electrons. The van der Waals surface area contributed by atoms with E-state index in [9.17, 15) is 18.0 Å². The number of allylic oxidation sites excluding steroid dienone is 2. The number of aryl methyl sites for hydroxylation is 1. The smallest absolute Gasteiger partial charge is 0.343 e. The van der Waals surface area contributed by atoms with Crippen LogP contribution in [0.2, 0.25) is 0 Å². The summed E-state index contributed by atoms with van der Waals surface area (Å²) in [5.74, 6) is -3.99. The Hall–Kier alpha value is -2.76. The molecule has 2 aromatic carbocycles. The van der Waals surface area contributed by atoms with Gasteiger partial charge in [-0.15, -0.1) is 0 Å². The minimum Gasteiger partial charge on any atom is -0.491 e. The van der Waals surface area contributed by atoms with Gasteiger partial charge in [-0.25, -0.2) is 4.79 Å². The summed E-state index contributed by atoms with van der Waals surface area (Å²) in [7, 11) is 0. The minimum atomic E-state index is -1.27. The van der Waals surface area contributed by atoms with Gasteiger partial charge in [-0.3, -0.25) is 4.39 Å². The van der Waals surface area contributed by atoms with Crippen LogP contribution in [0.4, 0.5) is 13.2 Å². The first kappa shape index (κ1) is 20.6. The van der Waals surface area contributed by atoms with E-state index in [1.54, 1.807) is 37.3 Å². The van der Waals surface area contributed by atoms with E-state index in [2.05, 4.69) is 0 Å². The lowest BCUT2D eigenvalue weighted by molar-refractivity contribution is 0.0726. The van der Waals surface area contributed by atoms with Gasteiger partial charge in [0.1, 0.15) is 0 Å². The molecule has 0 aliphatic carbocycles. The van der Waals surface area contributed by atoms with Crippen LogP contribution in [0.3, 0.4) is 0 Å². The Kier molecular flexibility index (Phi) is 7.92. The summed E-state index contributed by atoms with van der Waals surface area (Å²) >= 11 is 0. The van der Waals surface area contributed by atoms with Gasteiger partial charge >= 0.3 is 5.97 Å². The predicted octanol–water partition coefficient (Wildman–Crippen LogP) is 5.43. The van der Waals surface area contributed by atoms with E-state index in [1.807, 2.05) is 6.08 Å². The zero-order chi connectivity index (χ0) is 19.6. The molecule has 27 heavy (non-hydrogen) atoms. The van der Waals surface area contributed by atoms with Crippen molar-refractivity contribution in [1.82, 2.24) is 0 Å². The third-order valence-electron chi connectivity index (χ3n) is 3.75. The van der Waals surface area contributed by atoms with Crippen molar-refractivity contribution in [1.29, 1.82) is 0 Å². The molecule has 0 N–H and O–H groups in total. The minimum absolute atomic E-state index is 0.188. The van der Waals surface area contributed by atoms with Crippen molar-refractivity contribution in [2.45, 2.75) is 26.2 Å². The Bertz CT molecular complexity index is 786. The van der Waals surface area contributed by atoms with E-state index in [0.29, 0.717) is 6.42 Å². The lowest BCUT2D eigenvalue weighted by atomic mass is 10.1. The topological polar surface area (TPSA) is 35.5 Å². The van der Waals surface area contributed by atoms with Gasteiger partial charge in [0.2, 0.25) is 11.6 Å². The van der Waals surface area contributed by atoms with Crippen molar-refractivity contribution in [2.24, 2.45) is 0 Å². The highest BCUT2D eigenvalue weighted by atomic mass is 19.2. The molecule has 0 amide bonds. The Morgan fingerprint density at radius 3 is 2.26 bits per heavy atom. The number of ether oxygens (including phenoxy) is 2. The van der Waals surface area contributed by atoms with E-state index >= 15 is 0 Å². The van der Waals surface area contributed by atoms with Crippen molar-refractivity contribution < 1.29 is 27.4 Å². The van der Waals surface area contributed by atoms with Crippen molar-refractivity contribution in [3.8, 4) is 11.5 Å². The number of alkyl halides is 1. The maximum atomic E-state index is 14.0. The second-order valence-corrected chi connectivity index (χ2v) is 5.70. The van der Waals surface area contributed by atoms with Gasteiger partial charge in [0.15, 0.2) is 11.5 Å². The zero-order valence-electron chi connectivity index (χ0n) is 15.0. The van der Waals surface area contributed by atoms with E-state index < -0.39 is 23.4 Å². The van der Waals surface area contributed by atoms with Crippen molar-refractivity contribution >= 4 is 5.97 Å². The molecule has 0 spiro atoms. The summed E-state index contributed by atoms with van der Waals surface area (Å²) in [5, 5.41) is 0. The van der Waals surface area contributed by atoms with Crippen LogP contribution in [0.25, 0.3) is 0 Å². The highest BCUT2D eigenvalue weighted by Gasteiger charge is 2.18. The molecule has 0 bridgehead atoms. The number of hydrogen-bond donors (Lipinski definition) is 0. The third-order valence-corrected chi connectivity index (χ3v) is 3.75. The number of benzene rings is 2. The van der Waals surface area contributed by atoms with Crippen LogP contribution < -0.4 is 9.47 Å². The highest BCUT2D eigenvalue weighted by molar-refractivity contribution is 5.91. The normalized spacial score (nSPS) is 11.0. The molecule has 0 unspecified atom stereocenters. The first-order chi connectivity index (χ1) is 13.1. The average Bonchev–Trinajstić information content (AvgIpc) is 2.68. The molecule has 0 fully saturated rings. The first-order valence-corrected chi connectivity index (χ1v) is 8.69. The van der Waals surface area contributed by atoms with Gasteiger partial charge in [-0.2, -0.15) is 8.78 Å². The molecule has 3 nitrogen and oxygen atoms in total. The van der Waals surface area contributed by atoms with E-state index in [1.165, 1.54) is 6.07 Å². The number of hydrogen-bond acceptors (Lipinski definition) is 3. The molecule has 0 saturated heterocycles. The molecule has 144 valence electrons. The van der Waals surface area contributed by atoms with Crippen LogP contribution in [0.5, 0.6) is 11.5 Å². The van der Waals surface area contributed by atoms with E-state index in [4.69, 9.17) is 9.47 Å². The number of halogens is 3. The summed E-state index contributed by atoms with van der Waals surface area (Å²) < 4.78 is 49.7. The van der Waals surface area contributed by atoms with Crippen LogP contribution >= 0.6 is 0 Å². The molecule has 2 aromatic rings. The highest BCUT2D eigenvalue weighted by Crippen LogP contribution is 2.28. The molecular formula is C21H21F3O3. The average molecular weight is 378 g/mol. The Balaban J connectivity index is 1.99. The Morgan fingerprint density at radius 2 is 1.59 bits per heavy atom. The van der Waals surface area contributed by atoms with Gasteiger partial charge in [0.25, 0.3) is 0 Å². The Labute approximate surface area is 156 Å². The van der Waals surface area contributed by atoms with Crippen LogP contribution in [0.15, 0.2) is 48.6 Å². The fourth-order valence-electron chi connectivity index (χ4n) is 2.37. The Morgan fingerprint density at radius 1 is 0.963 bits per heavy atom. The van der Waals surface area contributed by atoms with Gasteiger partial charge in [-0.05, 0) is 56.0 Å². The molecule has 2 rings (SSSR count). The van der Waals surface area contributed by atoms with Crippen LogP contribution in [0, 0.1) is 11.6 Å². The van der Waals surface area contributed by atoms with Gasteiger partial charge < -0.3 is 9.47 Å². The van der Waals surface area contributed by atoms with E-state index in [0.717, 1.165) is 24.5 Å². The lowest BCUT2D eigenvalue weighted by Gasteiger charge is -2.09. The maximum Gasteiger partial charge on any atom is 0.343 e. The lowest BCUT2D eigenvalue weighted by Crippen LogP contribution is -2.10. The number of carbonyl (C=O) groups is 1. The van der Waals surface area contributed by atoms with Crippen molar-refractivity contribution in [3.05, 3.63) is 71.3 Å². The van der Waals surface area contributed by atoms with Gasteiger partial charge in [0, 0.05) is 0 Å². The van der Waals surface area contributed by atoms with Crippen LogP contribution in [-0.4, -0.2) is 19.3 Å².